The molecule has 0 radical (unpaired) electrons. The highest BCUT2D eigenvalue weighted by Gasteiger charge is 2.32. The van der Waals surface area contributed by atoms with Crippen LogP contribution >= 0.6 is 11.8 Å². The zero-order valence-electron chi connectivity index (χ0n) is 15.4. The smallest absolute Gasteiger partial charge is 0.305 e. The van der Waals surface area contributed by atoms with Gasteiger partial charge in [0.2, 0.25) is 5.91 Å². The molecule has 1 fully saturated rings. The number of carbonyl (C=O) groups is 2. The molecule has 10 nitrogen and oxygen atoms in total. The summed E-state index contributed by atoms with van der Waals surface area (Å²) in [7, 11) is 0. The van der Waals surface area contributed by atoms with Crippen LogP contribution in [-0.4, -0.2) is 38.5 Å². The lowest BCUT2D eigenvalue weighted by atomic mass is 10.2. The highest BCUT2D eigenvalue weighted by molar-refractivity contribution is 8.15. The van der Waals surface area contributed by atoms with Crippen LogP contribution in [0.2, 0.25) is 0 Å². The van der Waals surface area contributed by atoms with Gasteiger partial charge in [-0.3, -0.25) is 19.7 Å². The number of aliphatic carboxylic acids is 1. The molecule has 0 aromatic heterocycles. The fourth-order valence-electron chi connectivity index (χ4n) is 2.42. The first-order valence-corrected chi connectivity index (χ1v) is 9.55. The van der Waals surface area contributed by atoms with Gasteiger partial charge in [-0.25, -0.2) is 0 Å². The van der Waals surface area contributed by atoms with E-state index in [1.54, 1.807) is 36.4 Å². The van der Waals surface area contributed by atoms with E-state index in [0.29, 0.717) is 5.75 Å². The number of carboxylic acid groups (broad SMARTS) is 1. The third-order valence-electron chi connectivity index (χ3n) is 3.92. The molecule has 0 bridgehead atoms. The van der Waals surface area contributed by atoms with Crippen molar-refractivity contribution in [2.24, 2.45) is 10.2 Å². The van der Waals surface area contributed by atoms with Crippen molar-refractivity contribution in [2.45, 2.75) is 18.3 Å². The summed E-state index contributed by atoms with van der Waals surface area (Å²) in [5.41, 5.74) is 1.58. The van der Waals surface area contributed by atoms with Crippen molar-refractivity contribution >= 4 is 40.7 Å². The Morgan fingerprint density at radius 3 is 2.57 bits per heavy atom. The van der Waals surface area contributed by atoms with E-state index >= 15 is 0 Å². The average Bonchev–Trinajstić information content (AvgIpc) is 3.06. The number of hydrogen-bond acceptors (Lipinski definition) is 8. The summed E-state index contributed by atoms with van der Waals surface area (Å²) in [5, 5.41) is 29.2. The Labute approximate surface area is 174 Å². The summed E-state index contributed by atoms with van der Waals surface area (Å²) >= 11 is 1.03. The molecular weight excluding hydrogens is 412 g/mol. The quantitative estimate of drug-likeness (QED) is 0.373. The number of amidine groups is 1. The molecule has 2 aromatic rings. The number of amides is 1. The third-order valence-corrected chi connectivity index (χ3v) is 5.00. The molecule has 30 heavy (non-hydrogen) atoms. The van der Waals surface area contributed by atoms with Gasteiger partial charge in [-0.2, -0.15) is 5.10 Å². The van der Waals surface area contributed by atoms with Crippen LogP contribution < -0.4 is 10.1 Å². The van der Waals surface area contributed by atoms with Crippen molar-refractivity contribution in [1.82, 2.24) is 5.32 Å². The lowest BCUT2D eigenvalue weighted by Crippen LogP contribution is -2.26. The van der Waals surface area contributed by atoms with E-state index in [1.165, 1.54) is 18.3 Å². The predicted octanol–water partition coefficient (Wildman–Crippen LogP) is 2.57. The summed E-state index contributed by atoms with van der Waals surface area (Å²) in [6.45, 7) is 0.271. The monoisotopic (exact) mass is 428 g/mol. The molecule has 1 unspecified atom stereocenters. The molecule has 0 spiro atoms. The summed E-state index contributed by atoms with van der Waals surface area (Å²) in [5.74, 6) is -0.832. The van der Waals surface area contributed by atoms with Crippen molar-refractivity contribution in [3.63, 3.8) is 0 Å². The molecule has 3 rings (SSSR count). The molecular formula is C19H16N4O6S. The second-order valence-electron chi connectivity index (χ2n) is 6.12. The van der Waals surface area contributed by atoms with Gasteiger partial charge in [-0.05, 0) is 47.5 Å². The Hall–Kier alpha value is -3.73. The number of thioether (sulfide) groups is 1. The number of non-ortho nitro benzene ring substituents is 1. The second-order valence-corrected chi connectivity index (χ2v) is 7.32. The van der Waals surface area contributed by atoms with Gasteiger partial charge in [0.1, 0.15) is 17.6 Å². The van der Waals surface area contributed by atoms with Gasteiger partial charge < -0.3 is 15.2 Å². The maximum Gasteiger partial charge on any atom is 0.305 e. The maximum absolute atomic E-state index is 11.6. The lowest BCUT2D eigenvalue weighted by Gasteiger charge is -2.06. The minimum Gasteiger partial charge on any atom is -0.489 e. The van der Waals surface area contributed by atoms with Crippen LogP contribution in [0.1, 0.15) is 17.5 Å². The molecule has 1 aliphatic rings. The minimum absolute atomic E-state index is 0.0268. The van der Waals surface area contributed by atoms with Crippen LogP contribution in [0.3, 0.4) is 0 Å². The summed E-state index contributed by atoms with van der Waals surface area (Å²) < 4.78 is 5.65. The van der Waals surface area contributed by atoms with Gasteiger partial charge in [0, 0.05) is 12.1 Å². The first-order valence-electron chi connectivity index (χ1n) is 8.67. The van der Waals surface area contributed by atoms with Crippen LogP contribution in [0.15, 0.2) is 58.7 Å². The van der Waals surface area contributed by atoms with Crippen LogP contribution in [0.4, 0.5) is 5.69 Å². The number of rotatable bonds is 8. The number of benzene rings is 2. The van der Waals surface area contributed by atoms with Gasteiger partial charge in [0.05, 0.1) is 17.6 Å². The third kappa shape index (κ3) is 5.88. The summed E-state index contributed by atoms with van der Waals surface area (Å²) in [6, 6.07) is 13.1. The van der Waals surface area contributed by atoms with Gasteiger partial charge in [0.25, 0.3) is 5.69 Å². The summed E-state index contributed by atoms with van der Waals surface area (Å²) in [4.78, 5) is 32.5. The standard InChI is InChI=1S/C19H16N4O6S/c24-17(25)9-16-18(26)21-19(30-16)22-20-10-12-3-7-15(8-4-12)29-11-13-1-5-14(6-2-13)23(27)28/h1-8,10,16H,9,11H2,(H,24,25)(H,21,22,26). The normalized spacial score (nSPS) is 17.3. The number of carbonyl (C=O) groups excluding carboxylic acids is 1. The molecule has 1 atom stereocenters. The highest BCUT2D eigenvalue weighted by Crippen LogP contribution is 2.22. The number of nitrogens with zero attached hydrogens (tertiary/aromatic N) is 3. The molecule has 2 aromatic carbocycles. The van der Waals surface area contributed by atoms with Crippen LogP contribution in [0.25, 0.3) is 0 Å². The number of nitro benzene ring substituents is 1. The summed E-state index contributed by atoms with van der Waals surface area (Å²) in [6.07, 6.45) is 1.21. The Kier molecular flexibility index (Phi) is 6.75. The van der Waals surface area contributed by atoms with Crippen molar-refractivity contribution in [2.75, 3.05) is 0 Å². The SMILES string of the molecule is O=C(O)CC1SC(=NN=Cc2ccc(OCc3ccc([N+](=O)[O-])cc3)cc2)NC1=O. The topological polar surface area (TPSA) is 143 Å². The van der Waals surface area contributed by atoms with E-state index in [0.717, 1.165) is 22.9 Å². The van der Waals surface area contributed by atoms with Crippen LogP contribution in [-0.2, 0) is 16.2 Å². The van der Waals surface area contributed by atoms with Crippen molar-refractivity contribution in [1.29, 1.82) is 0 Å². The zero-order valence-corrected chi connectivity index (χ0v) is 16.2. The molecule has 1 heterocycles. The first-order chi connectivity index (χ1) is 14.4. The number of ether oxygens (including phenoxy) is 1. The molecule has 1 saturated heterocycles. The van der Waals surface area contributed by atoms with E-state index in [4.69, 9.17) is 9.84 Å². The number of nitro groups is 1. The van der Waals surface area contributed by atoms with Gasteiger partial charge in [-0.15, -0.1) is 5.10 Å². The Morgan fingerprint density at radius 2 is 1.93 bits per heavy atom. The molecule has 11 heteroatoms. The van der Waals surface area contributed by atoms with E-state index < -0.39 is 22.0 Å². The predicted molar refractivity (Wildman–Crippen MR) is 111 cm³/mol. The Morgan fingerprint density at radius 1 is 1.23 bits per heavy atom. The average molecular weight is 428 g/mol. The second kappa shape index (κ2) is 9.65. The fraction of sp³-hybridized carbons (Fsp3) is 0.158. The van der Waals surface area contributed by atoms with Gasteiger partial charge in [0.15, 0.2) is 5.17 Å². The molecule has 1 aliphatic heterocycles. The number of carboxylic acids is 1. The maximum atomic E-state index is 11.6. The first kappa shape index (κ1) is 21.0. The van der Waals surface area contributed by atoms with E-state index in [2.05, 4.69) is 15.5 Å². The number of nitrogens with one attached hydrogen (secondary N) is 1. The van der Waals surface area contributed by atoms with E-state index in [1.807, 2.05) is 0 Å². The van der Waals surface area contributed by atoms with Crippen molar-refractivity contribution in [3.8, 4) is 5.75 Å². The molecule has 2 N–H and O–H groups in total. The van der Waals surface area contributed by atoms with Gasteiger partial charge >= 0.3 is 5.97 Å². The van der Waals surface area contributed by atoms with E-state index in [-0.39, 0.29) is 23.9 Å². The lowest BCUT2D eigenvalue weighted by molar-refractivity contribution is -0.384. The van der Waals surface area contributed by atoms with E-state index in [9.17, 15) is 19.7 Å². The Bertz CT molecular complexity index is 1000. The largest absolute Gasteiger partial charge is 0.489 e. The minimum atomic E-state index is -1.05. The van der Waals surface area contributed by atoms with Crippen molar-refractivity contribution < 1.29 is 24.4 Å². The van der Waals surface area contributed by atoms with Gasteiger partial charge in [-0.1, -0.05) is 11.8 Å². The van der Waals surface area contributed by atoms with Crippen LogP contribution in [0.5, 0.6) is 5.75 Å². The molecule has 1 amide bonds. The molecule has 0 saturated carbocycles. The fourth-order valence-corrected chi connectivity index (χ4v) is 3.34. The van der Waals surface area contributed by atoms with Crippen LogP contribution in [0, 0.1) is 10.1 Å². The van der Waals surface area contributed by atoms with Crippen molar-refractivity contribution in [3.05, 3.63) is 69.8 Å². The zero-order chi connectivity index (χ0) is 21.5. The number of hydrogen-bond donors (Lipinski definition) is 2. The highest BCUT2D eigenvalue weighted by atomic mass is 32.2. The Balaban J connectivity index is 1.51. The molecule has 0 aliphatic carbocycles. The molecule has 154 valence electrons.